The average Bonchev–Trinajstić information content (AvgIpc) is 3.10. The van der Waals surface area contributed by atoms with Crippen LogP contribution < -0.4 is 10.1 Å². The van der Waals surface area contributed by atoms with Gasteiger partial charge in [0.15, 0.2) is 0 Å². The summed E-state index contributed by atoms with van der Waals surface area (Å²) in [7, 11) is 1.63. The molecule has 0 unspecified atom stereocenters. The van der Waals surface area contributed by atoms with E-state index in [9.17, 15) is 14.9 Å². The van der Waals surface area contributed by atoms with Crippen LogP contribution in [0.15, 0.2) is 35.9 Å². The van der Waals surface area contributed by atoms with Crippen molar-refractivity contribution in [1.29, 1.82) is 5.26 Å². The molecule has 2 aromatic rings. The Bertz CT molecular complexity index is 1070. The lowest BCUT2D eigenvalue weighted by molar-refractivity contribution is -0.118. The lowest BCUT2D eigenvalue weighted by atomic mass is 10.0. The number of hydrogen-bond acceptors (Lipinski definition) is 5. The molecule has 8 heteroatoms. The van der Waals surface area contributed by atoms with Gasteiger partial charge in [-0.1, -0.05) is 0 Å². The second-order valence-corrected chi connectivity index (χ2v) is 7.96. The van der Waals surface area contributed by atoms with Gasteiger partial charge in [-0.25, -0.2) is 4.79 Å². The van der Waals surface area contributed by atoms with Crippen LogP contribution in [0.25, 0.3) is 11.8 Å². The minimum atomic E-state index is -0.402. The molecule has 0 atom stereocenters. The molecule has 33 heavy (non-hydrogen) atoms. The van der Waals surface area contributed by atoms with Gasteiger partial charge in [0.25, 0.3) is 5.91 Å². The van der Waals surface area contributed by atoms with E-state index >= 15 is 0 Å². The second-order valence-electron chi connectivity index (χ2n) is 7.96. The largest absolute Gasteiger partial charge is 0.497 e. The topological polar surface area (TPSA) is 96.6 Å². The summed E-state index contributed by atoms with van der Waals surface area (Å²) in [5.74, 6) is 0.374. The van der Waals surface area contributed by atoms with Gasteiger partial charge in [-0.2, -0.15) is 5.26 Å². The van der Waals surface area contributed by atoms with Crippen molar-refractivity contribution in [3.8, 4) is 17.5 Å². The minimum Gasteiger partial charge on any atom is -0.497 e. The predicted molar refractivity (Wildman–Crippen MR) is 125 cm³/mol. The predicted octanol–water partition coefficient (Wildman–Crippen LogP) is 3.75. The highest BCUT2D eigenvalue weighted by Gasteiger charge is 2.25. The number of nitriles is 1. The third-order valence-corrected chi connectivity index (χ3v) is 5.82. The van der Waals surface area contributed by atoms with Crippen LogP contribution in [0.2, 0.25) is 0 Å². The zero-order valence-electron chi connectivity index (χ0n) is 19.6. The Hall–Kier alpha value is -3.73. The van der Waals surface area contributed by atoms with Crippen molar-refractivity contribution >= 4 is 18.1 Å². The van der Waals surface area contributed by atoms with Crippen LogP contribution in [0, 0.1) is 25.2 Å². The Labute approximate surface area is 194 Å². The maximum absolute atomic E-state index is 12.8. The van der Waals surface area contributed by atoms with Crippen molar-refractivity contribution < 1.29 is 19.1 Å². The average molecular weight is 451 g/mol. The monoisotopic (exact) mass is 450 g/mol. The number of amides is 2. The second kappa shape index (κ2) is 10.7. The Morgan fingerprint density at radius 2 is 1.88 bits per heavy atom. The highest BCUT2D eigenvalue weighted by atomic mass is 16.6. The lowest BCUT2D eigenvalue weighted by Gasteiger charge is -2.31. The van der Waals surface area contributed by atoms with Crippen LogP contribution >= 0.6 is 0 Å². The number of rotatable bonds is 6. The molecule has 0 saturated carbocycles. The summed E-state index contributed by atoms with van der Waals surface area (Å²) in [6.07, 6.45) is 2.54. The summed E-state index contributed by atoms with van der Waals surface area (Å²) in [6.45, 7) is 7.08. The number of hydrogen-bond donors (Lipinski definition) is 1. The molecule has 8 nitrogen and oxygen atoms in total. The number of aryl methyl sites for hydroxylation is 1. The first kappa shape index (κ1) is 23.9. The SMILES string of the molecule is CCOC(=O)N1CCC(NC(=O)/C(C#N)=C\c2cc(C)n(-c3ccc(OC)cc3)c2C)CC1. The van der Waals surface area contributed by atoms with Crippen molar-refractivity contribution in [3.05, 3.63) is 52.9 Å². The molecular weight excluding hydrogens is 420 g/mol. The molecule has 0 aliphatic carbocycles. The number of benzene rings is 1. The Morgan fingerprint density at radius 1 is 1.21 bits per heavy atom. The number of nitrogens with zero attached hydrogens (tertiary/aromatic N) is 3. The Morgan fingerprint density at radius 3 is 2.45 bits per heavy atom. The highest BCUT2D eigenvalue weighted by molar-refractivity contribution is 6.02. The molecule has 0 spiro atoms. The van der Waals surface area contributed by atoms with Gasteiger partial charge in [-0.3, -0.25) is 4.79 Å². The molecule has 1 aliphatic heterocycles. The van der Waals surface area contributed by atoms with E-state index < -0.39 is 5.91 Å². The van der Waals surface area contributed by atoms with Crippen molar-refractivity contribution in [2.24, 2.45) is 0 Å². The van der Waals surface area contributed by atoms with E-state index in [1.165, 1.54) is 0 Å². The fraction of sp³-hybridized carbons (Fsp3) is 0.400. The standard InChI is InChI=1S/C25H30N4O4/c1-5-33-25(31)28-12-10-21(11-13-28)27-24(30)20(16-26)15-19-14-17(2)29(18(19)3)22-6-8-23(32-4)9-7-22/h6-9,14-15,21H,5,10-13H2,1-4H3,(H,27,30)/b20-15-. The first-order chi connectivity index (χ1) is 15.9. The molecule has 2 amide bonds. The van der Waals surface area contributed by atoms with E-state index in [1.54, 1.807) is 25.0 Å². The summed E-state index contributed by atoms with van der Waals surface area (Å²) in [5.41, 5.74) is 3.76. The molecule has 0 radical (unpaired) electrons. The molecule has 1 aromatic carbocycles. The van der Waals surface area contributed by atoms with Gasteiger partial charge in [-0.05, 0) is 75.6 Å². The summed E-state index contributed by atoms with van der Waals surface area (Å²) < 4.78 is 12.3. The molecule has 174 valence electrons. The van der Waals surface area contributed by atoms with Crippen LogP contribution in [-0.2, 0) is 9.53 Å². The third kappa shape index (κ3) is 5.55. The molecule has 1 N–H and O–H groups in total. The Kier molecular flexibility index (Phi) is 7.78. The summed E-state index contributed by atoms with van der Waals surface area (Å²) in [5, 5.41) is 12.6. The number of carbonyl (C=O) groups is 2. The fourth-order valence-corrected chi connectivity index (χ4v) is 4.05. The van der Waals surface area contributed by atoms with E-state index in [1.807, 2.05) is 50.2 Å². The van der Waals surface area contributed by atoms with E-state index in [2.05, 4.69) is 9.88 Å². The minimum absolute atomic E-state index is 0.0535. The first-order valence-electron chi connectivity index (χ1n) is 11.1. The van der Waals surface area contributed by atoms with Gasteiger partial charge in [0.05, 0.1) is 13.7 Å². The van der Waals surface area contributed by atoms with Crippen LogP contribution in [0.5, 0.6) is 5.75 Å². The zero-order chi connectivity index (χ0) is 24.0. The molecule has 1 fully saturated rings. The number of aromatic nitrogens is 1. The van der Waals surface area contributed by atoms with Gasteiger partial charge in [0.1, 0.15) is 17.4 Å². The van der Waals surface area contributed by atoms with E-state index in [0.29, 0.717) is 32.5 Å². The molecule has 3 rings (SSSR count). The maximum atomic E-state index is 12.8. The van der Waals surface area contributed by atoms with Gasteiger partial charge in [0.2, 0.25) is 0 Å². The van der Waals surface area contributed by atoms with Crippen LogP contribution in [0.3, 0.4) is 0 Å². The van der Waals surface area contributed by atoms with Crippen LogP contribution in [-0.4, -0.2) is 54.3 Å². The molecule has 1 aliphatic rings. The maximum Gasteiger partial charge on any atom is 0.409 e. The number of carbonyl (C=O) groups excluding carboxylic acids is 2. The molecule has 2 heterocycles. The summed E-state index contributed by atoms with van der Waals surface area (Å²) in [6, 6.07) is 11.6. The quantitative estimate of drug-likeness (QED) is 0.534. The molecule has 1 saturated heterocycles. The zero-order valence-corrected chi connectivity index (χ0v) is 19.6. The van der Waals surface area contributed by atoms with Gasteiger partial charge in [-0.15, -0.1) is 0 Å². The summed E-state index contributed by atoms with van der Waals surface area (Å²) in [4.78, 5) is 26.3. The van der Waals surface area contributed by atoms with Gasteiger partial charge < -0.3 is 24.3 Å². The van der Waals surface area contributed by atoms with Crippen LogP contribution in [0.1, 0.15) is 36.7 Å². The smallest absolute Gasteiger partial charge is 0.409 e. The normalized spacial score (nSPS) is 14.5. The fourth-order valence-electron chi connectivity index (χ4n) is 4.05. The number of ether oxygens (including phenoxy) is 2. The number of piperidine rings is 1. The van der Waals surface area contributed by atoms with Crippen LogP contribution in [0.4, 0.5) is 4.79 Å². The number of nitrogens with one attached hydrogen (secondary N) is 1. The Balaban J connectivity index is 1.71. The van der Waals surface area contributed by atoms with Crippen molar-refractivity contribution in [1.82, 2.24) is 14.8 Å². The lowest BCUT2D eigenvalue weighted by Crippen LogP contribution is -2.46. The van der Waals surface area contributed by atoms with E-state index in [4.69, 9.17) is 9.47 Å². The molecular formula is C25H30N4O4. The van der Waals surface area contributed by atoms with E-state index in [-0.39, 0.29) is 17.7 Å². The van der Waals surface area contributed by atoms with Gasteiger partial charge in [0, 0.05) is 36.2 Å². The van der Waals surface area contributed by atoms with Crippen molar-refractivity contribution in [3.63, 3.8) is 0 Å². The third-order valence-electron chi connectivity index (χ3n) is 5.82. The first-order valence-corrected chi connectivity index (χ1v) is 11.1. The molecule has 1 aromatic heterocycles. The van der Waals surface area contributed by atoms with Gasteiger partial charge >= 0.3 is 6.09 Å². The molecule has 0 bridgehead atoms. The highest BCUT2D eigenvalue weighted by Crippen LogP contribution is 2.24. The van der Waals surface area contributed by atoms with E-state index in [0.717, 1.165) is 28.4 Å². The summed E-state index contributed by atoms with van der Waals surface area (Å²) >= 11 is 0. The van der Waals surface area contributed by atoms with Crippen molar-refractivity contribution in [2.45, 2.75) is 39.7 Å². The number of likely N-dealkylation sites (tertiary alicyclic amines) is 1. The number of methoxy groups -OCH3 is 1. The van der Waals surface area contributed by atoms with Crippen molar-refractivity contribution in [2.75, 3.05) is 26.8 Å².